The van der Waals surface area contributed by atoms with E-state index in [1.807, 2.05) is 48.6 Å². The van der Waals surface area contributed by atoms with Gasteiger partial charge in [0.25, 0.3) is 5.91 Å². The van der Waals surface area contributed by atoms with Crippen LogP contribution in [0.25, 0.3) is 0 Å². The molecule has 0 atom stereocenters. The molecule has 8 heteroatoms. The topological polar surface area (TPSA) is 70.9 Å². The summed E-state index contributed by atoms with van der Waals surface area (Å²) < 4.78 is 7.03. The first-order valence-corrected chi connectivity index (χ1v) is 11.3. The van der Waals surface area contributed by atoms with Gasteiger partial charge in [0.15, 0.2) is 0 Å². The third kappa shape index (κ3) is 4.24. The number of carbonyl (C=O) groups excluding carboxylic acids is 2. The van der Waals surface area contributed by atoms with Gasteiger partial charge in [-0.15, -0.1) is 0 Å². The molecule has 1 aromatic heterocycles. The van der Waals surface area contributed by atoms with E-state index in [2.05, 4.69) is 23.8 Å². The molecule has 1 spiro atoms. The fourth-order valence-corrected chi connectivity index (χ4v) is 4.83. The molecule has 0 N–H and O–H groups in total. The number of urea groups is 1. The number of ether oxygens (including phenoxy) is 1. The van der Waals surface area contributed by atoms with Crippen LogP contribution in [0.3, 0.4) is 0 Å². The van der Waals surface area contributed by atoms with Crippen LogP contribution in [-0.4, -0.2) is 68.7 Å². The summed E-state index contributed by atoms with van der Waals surface area (Å²) in [7, 11) is 3.54. The number of benzene rings is 1. The molecule has 2 fully saturated rings. The van der Waals surface area contributed by atoms with Crippen LogP contribution in [0.5, 0.6) is 5.75 Å². The number of nitrogens with zero attached hydrogens (tertiary/aromatic N) is 5. The highest BCUT2D eigenvalue weighted by Gasteiger charge is 2.57. The van der Waals surface area contributed by atoms with E-state index in [-0.39, 0.29) is 24.4 Å². The Labute approximate surface area is 189 Å². The van der Waals surface area contributed by atoms with Gasteiger partial charge in [-0.3, -0.25) is 19.3 Å². The van der Waals surface area contributed by atoms with Crippen molar-refractivity contribution in [3.63, 3.8) is 0 Å². The number of hydrogen-bond acceptors (Lipinski definition) is 5. The Morgan fingerprint density at radius 2 is 1.75 bits per heavy atom. The van der Waals surface area contributed by atoms with E-state index in [1.54, 1.807) is 11.8 Å². The van der Waals surface area contributed by atoms with Crippen molar-refractivity contribution in [2.75, 3.05) is 26.7 Å². The molecule has 32 heavy (non-hydrogen) atoms. The molecule has 0 unspecified atom stereocenters. The summed E-state index contributed by atoms with van der Waals surface area (Å²) in [5, 5.41) is 4.25. The van der Waals surface area contributed by atoms with Crippen LogP contribution in [0.1, 0.15) is 37.8 Å². The predicted molar refractivity (Wildman–Crippen MR) is 121 cm³/mol. The van der Waals surface area contributed by atoms with Crippen LogP contribution < -0.4 is 4.74 Å². The second kappa shape index (κ2) is 8.94. The number of methoxy groups -OCH3 is 1. The SMILES string of the molecule is COc1ccc(CN2C(=O)N(CC(C)C)C3(CCN(Cc4cnn(C)c4)CC3)C2=O)cc1. The number of aryl methyl sites for hydroxylation is 1. The first-order valence-electron chi connectivity index (χ1n) is 11.3. The molecule has 2 aliphatic heterocycles. The van der Waals surface area contributed by atoms with Gasteiger partial charge in [0.2, 0.25) is 0 Å². The summed E-state index contributed by atoms with van der Waals surface area (Å²) in [6.07, 6.45) is 5.22. The molecule has 4 rings (SSSR count). The zero-order chi connectivity index (χ0) is 22.9. The molecule has 3 heterocycles. The Kier molecular flexibility index (Phi) is 6.24. The molecule has 1 aromatic carbocycles. The fourth-order valence-electron chi connectivity index (χ4n) is 4.83. The molecule has 2 aliphatic rings. The van der Waals surface area contributed by atoms with Crippen molar-refractivity contribution in [3.05, 3.63) is 47.8 Å². The Bertz CT molecular complexity index is 960. The van der Waals surface area contributed by atoms with Crippen LogP contribution in [0.4, 0.5) is 4.79 Å². The fraction of sp³-hybridized carbons (Fsp3) is 0.542. The van der Waals surface area contributed by atoms with Gasteiger partial charge in [-0.1, -0.05) is 26.0 Å². The van der Waals surface area contributed by atoms with Gasteiger partial charge < -0.3 is 9.64 Å². The molecule has 0 aliphatic carbocycles. The maximum Gasteiger partial charge on any atom is 0.327 e. The number of rotatable bonds is 7. The maximum absolute atomic E-state index is 13.7. The lowest BCUT2D eigenvalue weighted by Gasteiger charge is -2.42. The monoisotopic (exact) mass is 439 g/mol. The Hall–Kier alpha value is -2.87. The number of aromatic nitrogens is 2. The van der Waals surface area contributed by atoms with Crippen molar-refractivity contribution >= 4 is 11.9 Å². The van der Waals surface area contributed by atoms with E-state index >= 15 is 0 Å². The molecule has 8 nitrogen and oxygen atoms in total. The van der Waals surface area contributed by atoms with Crippen LogP contribution in [0.15, 0.2) is 36.7 Å². The second-order valence-corrected chi connectivity index (χ2v) is 9.36. The number of piperidine rings is 1. The van der Waals surface area contributed by atoms with Gasteiger partial charge in [-0.25, -0.2) is 4.79 Å². The number of amides is 3. The average molecular weight is 440 g/mol. The summed E-state index contributed by atoms with van der Waals surface area (Å²) in [5.74, 6) is 0.990. The second-order valence-electron chi connectivity index (χ2n) is 9.36. The number of imide groups is 1. The van der Waals surface area contributed by atoms with Crippen LogP contribution >= 0.6 is 0 Å². The van der Waals surface area contributed by atoms with Gasteiger partial charge in [0.05, 0.1) is 19.9 Å². The summed E-state index contributed by atoms with van der Waals surface area (Å²) in [5.41, 5.74) is 1.35. The number of likely N-dealkylation sites (tertiary alicyclic amines) is 1. The summed E-state index contributed by atoms with van der Waals surface area (Å²) in [6.45, 7) is 7.43. The Balaban J connectivity index is 1.51. The zero-order valence-electron chi connectivity index (χ0n) is 19.5. The molecule has 2 saturated heterocycles. The van der Waals surface area contributed by atoms with Crippen molar-refractivity contribution < 1.29 is 14.3 Å². The molecule has 0 bridgehead atoms. The standard InChI is InChI=1S/C24H33N5O3/c1-18(2)14-29-23(31)28(17-19-5-7-21(32-4)8-6-19)22(30)24(29)9-11-27(12-10-24)16-20-13-25-26(3)15-20/h5-8,13,15,18H,9-12,14,16-17H2,1-4H3. The van der Waals surface area contributed by atoms with Crippen LogP contribution in [0, 0.1) is 5.92 Å². The van der Waals surface area contributed by atoms with Gasteiger partial charge >= 0.3 is 6.03 Å². The van der Waals surface area contributed by atoms with Gasteiger partial charge in [0, 0.05) is 45.0 Å². The van der Waals surface area contributed by atoms with Crippen LogP contribution in [-0.2, 0) is 24.9 Å². The van der Waals surface area contributed by atoms with Gasteiger partial charge in [0.1, 0.15) is 11.3 Å². The normalized spacial score (nSPS) is 18.9. The molecule has 3 amide bonds. The first kappa shape index (κ1) is 22.3. The minimum absolute atomic E-state index is 0.0556. The Morgan fingerprint density at radius 3 is 2.31 bits per heavy atom. The lowest BCUT2D eigenvalue weighted by Crippen LogP contribution is -2.57. The lowest BCUT2D eigenvalue weighted by molar-refractivity contribution is -0.136. The summed E-state index contributed by atoms with van der Waals surface area (Å²) in [6, 6.07) is 7.37. The van der Waals surface area contributed by atoms with Crippen molar-refractivity contribution in [1.82, 2.24) is 24.5 Å². The molecule has 2 aromatic rings. The molecule has 0 radical (unpaired) electrons. The highest BCUT2D eigenvalue weighted by Crippen LogP contribution is 2.39. The minimum atomic E-state index is -0.737. The van der Waals surface area contributed by atoms with Gasteiger partial charge in [-0.05, 0) is 36.5 Å². The molecule has 0 saturated carbocycles. The van der Waals surface area contributed by atoms with Gasteiger partial charge in [-0.2, -0.15) is 5.10 Å². The zero-order valence-corrected chi connectivity index (χ0v) is 19.5. The van der Waals surface area contributed by atoms with E-state index in [1.165, 1.54) is 4.90 Å². The van der Waals surface area contributed by atoms with E-state index in [9.17, 15) is 9.59 Å². The highest BCUT2D eigenvalue weighted by molar-refractivity contribution is 6.07. The largest absolute Gasteiger partial charge is 0.497 e. The quantitative estimate of drug-likeness (QED) is 0.621. The van der Waals surface area contributed by atoms with Crippen LogP contribution in [0.2, 0.25) is 0 Å². The molecular weight excluding hydrogens is 406 g/mol. The third-order valence-corrected chi connectivity index (χ3v) is 6.52. The lowest BCUT2D eigenvalue weighted by atomic mass is 9.85. The van der Waals surface area contributed by atoms with Crippen molar-refractivity contribution in [1.29, 1.82) is 0 Å². The van der Waals surface area contributed by atoms with Crippen molar-refractivity contribution in [2.45, 2.75) is 45.3 Å². The molecular formula is C24H33N5O3. The van der Waals surface area contributed by atoms with E-state index in [0.717, 1.165) is 36.5 Å². The van der Waals surface area contributed by atoms with Crippen molar-refractivity contribution in [3.8, 4) is 5.75 Å². The van der Waals surface area contributed by atoms with E-state index < -0.39 is 5.54 Å². The first-order chi connectivity index (χ1) is 15.3. The highest BCUT2D eigenvalue weighted by atomic mass is 16.5. The predicted octanol–water partition coefficient (Wildman–Crippen LogP) is 2.88. The third-order valence-electron chi connectivity index (χ3n) is 6.52. The van der Waals surface area contributed by atoms with Crippen molar-refractivity contribution in [2.24, 2.45) is 13.0 Å². The number of hydrogen-bond donors (Lipinski definition) is 0. The number of carbonyl (C=O) groups is 2. The average Bonchev–Trinajstić information content (AvgIpc) is 3.26. The maximum atomic E-state index is 13.7. The minimum Gasteiger partial charge on any atom is -0.497 e. The summed E-state index contributed by atoms with van der Waals surface area (Å²) in [4.78, 5) is 32.7. The smallest absolute Gasteiger partial charge is 0.327 e. The molecule has 172 valence electrons. The summed E-state index contributed by atoms with van der Waals surface area (Å²) >= 11 is 0. The van der Waals surface area contributed by atoms with E-state index in [4.69, 9.17) is 4.74 Å². The van der Waals surface area contributed by atoms with E-state index in [0.29, 0.717) is 19.4 Å². The Morgan fingerprint density at radius 1 is 1.06 bits per heavy atom.